The van der Waals surface area contributed by atoms with Gasteiger partial charge in [0.25, 0.3) is 0 Å². The Morgan fingerprint density at radius 3 is 2.67 bits per heavy atom. The Morgan fingerprint density at radius 2 is 1.92 bits per heavy atom. The molecule has 0 fully saturated rings. The van der Waals surface area contributed by atoms with Gasteiger partial charge in [-0.15, -0.1) is 0 Å². The summed E-state index contributed by atoms with van der Waals surface area (Å²) in [5, 5.41) is 0. The minimum absolute atomic E-state index is 0. The largest absolute Gasteiger partial charge is 0.489 e. The third-order valence-corrected chi connectivity index (χ3v) is 1.55. The smallest absolute Gasteiger partial charge is 0.187 e. The Morgan fingerprint density at radius 1 is 1.17 bits per heavy atom. The minimum Gasteiger partial charge on any atom is -0.489 e. The number of hydrogen-bond donors (Lipinski definition) is 0. The fourth-order valence-corrected chi connectivity index (χ4v) is 1.06. The van der Waals surface area contributed by atoms with E-state index in [9.17, 15) is 0 Å². The van der Waals surface area contributed by atoms with Crippen molar-refractivity contribution in [3.63, 3.8) is 0 Å². The molecule has 1 aliphatic rings. The molecule has 0 atom stereocenters. The van der Waals surface area contributed by atoms with Gasteiger partial charge in [0, 0.05) is 27.3 Å². The van der Waals surface area contributed by atoms with Gasteiger partial charge in [0.05, 0.1) is 0 Å². The molecule has 0 N–H and O–H groups in total. The quantitative estimate of drug-likeness (QED) is 0.578. The molecular weight excluding hydrogens is 199 g/mol. The summed E-state index contributed by atoms with van der Waals surface area (Å²) in [4.78, 5) is 0. The van der Waals surface area contributed by atoms with Crippen LogP contribution < -0.4 is 4.74 Å². The predicted octanol–water partition coefficient (Wildman–Crippen LogP) is 0.906. The summed E-state index contributed by atoms with van der Waals surface area (Å²) in [6.07, 6.45) is 4.10. The van der Waals surface area contributed by atoms with E-state index in [1.807, 2.05) is 30.3 Å². The van der Waals surface area contributed by atoms with E-state index in [1.165, 1.54) is 5.56 Å². The second-order valence-electron chi connectivity index (χ2n) is 2.25. The molecule has 0 unspecified atom stereocenters. The average Bonchev–Trinajstić information content (AvgIpc) is 2.05. The van der Waals surface area contributed by atoms with Gasteiger partial charge in [-0.1, -0.05) is 24.3 Å². The van der Waals surface area contributed by atoms with Gasteiger partial charge in [0.15, 0.2) is 17.4 Å². The third-order valence-electron chi connectivity index (χ3n) is 1.55. The molecular formula is C9H11AlOTi. The van der Waals surface area contributed by atoms with E-state index >= 15 is 0 Å². The zero-order chi connectivity index (χ0) is 6.81. The summed E-state index contributed by atoms with van der Waals surface area (Å²) < 4.78 is 5.34. The van der Waals surface area contributed by atoms with Crippen molar-refractivity contribution in [2.24, 2.45) is 0 Å². The van der Waals surface area contributed by atoms with Gasteiger partial charge in [-0.2, -0.15) is 0 Å². The Bertz CT molecular complexity index is 273. The summed E-state index contributed by atoms with van der Waals surface area (Å²) in [6.45, 7) is 0.705. The van der Waals surface area contributed by atoms with Crippen LogP contribution in [0, 0.1) is 0 Å². The number of hydrogen-bond acceptors (Lipinski definition) is 1. The molecule has 1 nitrogen and oxygen atoms in total. The second-order valence-corrected chi connectivity index (χ2v) is 2.25. The van der Waals surface area contributed by atoms with Crippen molar-refractivity contribution in [3.05, 3.63) is 35.9 Å². The summed E-state index contributed by atoms with van der Waals surface area (Å²) >= 11 is 0. The maximum Gasteiger partial charge on any atom is 0.187 e. The number of fused-ring (bicyclic) bond motifs is 1. The zero-order valence-corrected chi connectivity index (χ0v) is 7.64. The van der Waals surface area contributed by atoms with Crippen LogP contribution in [0.25, 0.3) is 6.08 Å². The van der Waals surface area contributed by atoms with Crippen molar-refractivity contribution >= 4 is 23.4 Å². The van der Waals surface area contributed by atoms with Crippen LogP contribution in [-0.4, -0.2) is 24.0 Å². The van der Waals surface area contributed by atoms with Crippen LogP contribution in [0.15, 0.2) is 30.3 Å². The average molecular weight is 210 g/mol. The van der Waals surface area contributed by atoms with E-state index in [0.717, 1.165) is 5.75 Å². The molecule has 60 valence electrons. The summed E-state index contributed by atoms with van der Waals surface area (Å²) in [5.41, 5.74) is 1.17. The van der Waals surface area contributed by atoms with Gasteiger partial charge in [-0.25, -0.2) is 0 Å². The number of benzene rings is 1. The monoisotopic (exact) mass is 210 g/mol. The first-order valence-corrected chi connectivity index (χ1v) is 3.35. The molecule has 0 radical (unpaired) electrons. The molecule has 12 heavy (non-hydrogen) atoms. The Balaban J connectivity index is 0.000000605. The fraction of sp³-hybridized carbons (Fsp3) is 0.111. The van der Waals surface area contributed by atoms with Crippen LogP contribution in [0.5, 0.6) is 5.75 Å². The zero-order valence-electron chi connectivity index (χ0n) is 6.08. The third kappa shape index (κ3) is 2.50. The molecule has 0 saturated carbocycles. The summed E-state index contributed by atoms with van der Waals surface area (Å²) in [6, 6.07) is 8.03. The van der Waals surface area contributed by atoms with E-state index in [1.54, 1.807) is 0 Å². The number of rotatable bonds is 0. The van der Waals surface area contributed by atoms with E-state index in [4.69, 9.17) is 4.74 Å². The molecule has 3 heteroatoms. The van der Waals surface area contributed by atoms with Crippen LogP contribution in [0.3, 0.4) is 0 Å². The van der Waals surface area contributed by atoms with Crippen LogP contribution >= 0.6 is 0 Å². The Kier molecular flexibility index (Phi) is 5.62. The van der Waals surface area contributed by atoms with Crippen molar-refractivity contribution in [1.82, 2.24) is 0 Å². The van der Waals surface area contributed by atoms with Gasteiger partial charge < -0.3 is 4.74 Å². The van der Waals surface area contributed by atoms with Crippen molar-refractivity contribution < 1.29 is 26.5 Å². The minimum atomic E-state index is 0. The molecule has 2 rings (SSSR count). The summed E-state index contributed by atoms with van der Waals surface area (Å²) in [5.74, 6) is 0.991. The van der Waals surface area contributed by atoms with Gasteiger partial charge in [0.1, 0.15) is 12.4 Å². The van der Waals surface area contributed by atoms with Crippen molar-refractivity contribution in [3.8, 4) is 5.75 Å². The predicted molar refractivity (Wildman–Crippen MR) is 50.9 cm³/mol. The van der Waals surface area contributed by atoms with E-state index in [2.05, 4.69) is 6.08 Å². The Labute approximate surface area is 97.8 Å². The van der Waals surface area contributed by atoms with E-state index < -0.39 is 0 Å². The van der Waals surface area contributed by atoms with Crippen LogP contribution in [-0.2, 0) is 21.7 Å². The first-order valence-electron chi connectivity index (χ1n) is 3.35. The van der Waals surface area contributed by atoms with Crippen LogP contribution in [0.2, 0.25) is 0 Å². The normalized spacial score (nSPS) is 11.7. The summed E-state index contributed by atoms with van der Waals surface area (Å²) in [7, 11) is 0. The fourth-order valence-electron chi connectivity index (χ4n) is 1.06. The van der Waals surface area contributed by atoms with E-state index in [0.29, 0.717) is 6.61 Å². The second kappa shape index (κ2) is 5.62. The Hall–Kier alpha value is 0.00675. The molecule has 0 amide bonds. The SMILES string of the molecule is C1=Cc2ccccc2OC1.[AlH3].[Ti]. The maximum absolute atomic E-state index is 5.34. The molecule has 0 saturated heterocycles. The number of ether oxygens (including phenoxy) is 1. The van der Waals surface area contributed by atoms with E-state index in [-0.39, 0.29) is 39.1 Å². The van der Waals surface area contributed by atoms with Gasteiger partial charge in [0.2, 0.25) is 0 Å². The van der Waals surface area contributed by atoms with Gasteiger partial charge in [-0.05, 0) is 12.1 Å². The molecule has 0 aliphatic carbocycles. The molecule has 1 aromatic rings. The molecule has 0 aromatic heterocycles. The number of para-hydroxylation sites is 1. The standard InChI is InChI=1S/C9H8O.Al.Ti.3H/c1-2-6-9-8(4-1)5-3-7-10-9;;;;;/h1-6H,7H2;;;;;. The van der Waals surface area contributed by atoms with Crippen molar-refractivity contribution in [2.75, 3.05) is 6.61 Å². The first-order chi connectivity index (χ1) is 4.97. The molecule has 1 heterocycles. The topological polar surface area (TPSA) is 9.23 Å². The molecule has 0 bridgehead atoms. The van der Waals surface area contributed by atoms with Crippen molar-refractivity contribution in [1.29, 1.82) is 0 Å². The molecule has 1 aromatic carbocycles. The van der Waals surface area contributed by atoms with Gasteiger partial charge >= 0.3 is 0 Å². The molecule has 0 spiro atoms. The first kappa shape index (κ1) is 12.0. The van der Waals surface area contributed by atoms with Gasteiger partial charge in [-0.3, -0.25) is 0 Å². The van der Waals surface area contributed by atoms with Crippen LogP contribution in [0.1, 0.15) is 5.56 Å². The van der Waals surface area contributed by atoms with Crippen molar-refractivity contribution in [2.45, 2.75) is 0 Å². The van der Waals surface area contributed by atoms with Crippen LogP contribution in [0.4, 0.5) is 0 Å². The molecule has 1 aliphatic heterocycles. The maximum atomic E-state index is 5.34.